The molecule has 1 aromatic heterocycles. The molecule has 0 radical (unpaired) electrons. The first-order chi connectivity index (χ1) is 21.8. The lowest BCUT2D eigenvalue weighted by atomic mass is 10.00. The van der Waals surface area contributed by atoms with Crippen LogP contribution in [0, 0.1) is 0 Å². The Morgan fingerprint density at radius 1 is 0.295 bits per heavy atom. The minimum atomic E-state index is 1.12. The van der Waals surface area contributed by atoms with Gasteiger partial charge in [-0.2, -0.15) is 0 Å². The molecule has 0 aliphatic carbocycles. The van der Waals surface area contributed by atoms with Gasteiger partial charge in [0.05, 0.1) is 0 Å². The average molecular weight is 580 g/mol. The van der Waals surface area contributed by atoms with Crippen LogP contribution in [0.4, 0.5) is 17.1 Å². The van der Waals surface area contributed by atoms with Crippen LogP contribution in [0.2, 0.25) is 0 Å². The van der Waals surface area contributed by atoms with Gasteiger partial charge in [-0.1, -0.05) is 121 Å². The molecule has 0 N–H and O–H groups in total. The van der Waals surface area contributed by atoms with Crippen molar-refractivity contribution < 1.29 is 0 Å². The van der Waals surface area contributed by atoms with Crippen molar-refractivity contribution in [2.75, 3.05) is 4.90 Å². The maximum Gasteiger partial charge on any atom is 0.0462 e. The van der Waals surface area contributed by atoms with E-state index in [2.05, 4.69) is 181 Å². The lowest BCUT2D eigenvalue weighted by Crippen LogP contribution is -2.09. The van der Waals surface area contributed by atoms with E-state index in [1.54, 1.807) is 0 Å². The summed E-state index contributed by atoms with van der Waals surface area (Å²) in [6, 6.07) is 63.3. The SMILES string of the molecule is c1ccc(-c2ccc(-c3ccc(N(c4ccccc4)c4ccc(-c5ccc6sc7ccccc7c6c5)cc4)cc3)cc2)cc1. The summed E-state index contributed by atoms with van der Waals surface area (Å²) in [4.78, 5) is 2.32. The Bertz CT molecular complexity index is 2180. The Hall–Kier alpha value is -5.44. The number of thiophene rings is 1. The quantitative estimate of drug-likeness (QED) is 0.189. The van der Waals surface area contributed by atoms with Gasteiger partial charge < -0.3 is 4.90 Å². The van der Waals surface area contributed by atoms with E-state index in [0.717, 1.165) is 17.1 Å². The molecule has 0 saturated heterocycles. The van der Waals surface area contributed by atoms with Crippen LogP contribution in [-0.4, -0.2) is 0 Å². The fourth-order valence-corrected chi connectivity index (χ4v) is 7.11. The average Bonchev–Trinajstić information content (AvgIpc) is 3.48. The molecule has 0 atom stereocenters. The molecule has 1 nitrogen and oxygen atoms in total. The number of anilines is 3. The van der Waals surface area contributed by atoms with Crippen LogP contribution in [0.15, 0.2) is 176 Å². The molecule has 0 fully saturated rings. The van der Waals surface area contributed by atoms with E-state index in [9.17, 15) is 0 Å². The summed E-state index contributed by atoms with van der Waals surface area (Å²) < 4.78 is 2.67. The number of hydrogen-bond donors (Lipinski definition) is 0. The molecule has 2 heteroatoms. The summed E-state index contributed by atoms with van der Waals surface area (Å²) in [5.41, 5.74) is 10.7. The van der Waals surface area contributed by atoms with Crippen LogP contribution in [0.5, 0.6) is 0 Å². The number of para-hydroxylation sites is 1. The molecule has 44 heavy (non-hydrogen) atoms. The lowest BCUT2D eigenvalue weighted by molar-refractivity contribution is 1.28. The summed E-state index contributed by atoms with van der Waals surface area (Å²) in [5, 5.41) is 2.66. The third kappa shape index (κ3) is 4.96. The minimum Gasteiger partial charge on any atom is -0.311 e. The van der Waals surface area contributed by atoms with Gasteiger partial charge in [0.25, 0.3) is 0 Å². The first-order valence-electron chi connectivity index (χ1n) is 14.9. The van der Waals surface area contributed by atoms with Crippen LogP contribution < -0.4 is 4.90 Å². The number of benzene rings is 7. The molecule has 0 spiro atoms. The van der Waals surface area contributed by atoms with Crippen LogP contribution in [0.3, 0.4) is 0 Å². The molecular weight excluding hydrogens is 551 g/mol. The molecule has 0 bridgehead atoms. The first kappa shape index (κ1) is 26.2. The molecule has 208 valence electrons. The van der Waals surface area contributed by atoms with Gasteiger partial charge in [-0.3, -0.25) is 0 Å². The Labute approximate surface area is 261 Å². The van der Waals surface area contributed by atoms with E-state index >= 15 is 0 Å². The monoisotopic (exact) mass is 579 g/mol. The number of nitrogens with zero attached hydrogens (tertiary/aromatic N) is 1. The molecule has 0 aliphatic heterocycles. The van der Waals surface area contributed by atoms with Crippen LogP contribution in [-0.2, 0) is 0 Å². The summed E-state index contributed by atoms with van der Waals surface area (Å²) in [6.07, 6.45) is 0. The van der Waals surface area contributed by atoms with E-state index in [1.807, 2.05) is 11.3 Å². The van der Waals surface area contributed by atoms with Crippen molar-refractivity contribution in [2.45, 2.75) is 0 Å². The molecule has 0 unspecified atom stereocenters. The minimum absolute atomic E-state index is 1.12. The second-order valence-electron chi connectivity index (χ2n) is 11.0. The van der Waals surface area contributed by atoms with E-state index in [0.29, 0.717) is 0 Å². The fourth-order valence-electron chi connectivity index (χ4n) is 6.02. The highest BCUT2D eigenvalue weighted by atomic mass is 32.1. The van der Waals surface area contributed by atoms with E-state index in [4.69, 9.17) is 0 Å². The van der Waals surface area contributed by atoms with E-state index in [-0.39, 0.29) is 0 Å². The Balaban J connectivity index is 1.11. The first-order valence-corrected chi connectivity index (χ1v) is 15.7. The van der Waals surface area contributed by atoms with E-state index in [1.165, 1.54) is 53.6 Å². The standard InChI is InChI=1S/C42H29NS/c1-3-9-30(10-4-1)31-15-17-32(18-16-31)33-19-24-37(25-20-33)43(36-11-5-2-6-12-36)38-26-21-34(22-27-38)35-23-28-42-40(29-35)39-13-7-8-14-41(39)44-42/h1-29H. The molecule has 8 rings (SSSR count). The summed E-state index contributed by atoms with van der Waals surface area (Å²) in [7, 11) is 0. The van der Waals surface area contributed by atoms with Crippen LogP contribution >= 0.6 is 11.3 Å². The van der Waals surface area contributed by atoms with Crippen molar-refractivity contribution in [1.29, 1.82) is 0 Å². The predicted octanol–water partition coefficient (Wildman–Crippen LogP) is 12.5. The fraction of sp³-hybridized carbons (Fsp3) is 0. The van der Waals surface area contributed by atoms with Crippen LogP contribution in [0.25, 0.3) is 53.6 Å². The molecule has 8 aromatic rings. The predicted molar refractivity (Wildman–Crippen MR) is 190 cm³/mol. The van der Waals surface area contributed by atoms with Gasteiger partial charge in [0.1, 0.15) is 0 Å². The summed E-state index contributed by atoms with van der Waals surface area (Å²) in [6.45, 7) is 0. The maximum absolute atomic E-state index is 2.34. The highest BCUT2D eigenvalue weighted by molar-refractivity contribution is 7.25. The maximum atomic E-state index is 2.34. The zero-order valence-corrected chi connectivity index (χ0v) is 24.9. The molecule has 0 amide bonds. The summed E-state index contributed by atoms with van der Waals surface area (Å²) in [5.74, 6) is 0. The van der Waals surface area contributed by atoms with Crippen molar-refractivity contribution in [1.82, 2.24) is 0 Å². The van der Waals surface area contributed by atoms with Crippen molar-refractivity contribution in [2.24, 2.45) is 0 Å². The Morgan fingerprint density at radius 2 is 0.705 bits per heavy atom. The van der Waals surface area contributed by atoms with Crippen molar-refractivity contribution >= 4 is 48.6 Å². The third-order valence-corrected chi connectivity index (χ3v) is 9.45. The zero-order valence-electron chi connectivity index (χ0n) is 24.1. The van der Waals surface area contributed by atoms with Crippen molar-refractivity contribution in [3.05, 3.63) is 176 Å². The molecule has 7 aromatic carbocycles. The van der Waals surface area contributed by atoms with Gasteiger partial charge in [0, 0.05) is 37.2 Å². The third-order valence-electron chi connectivity index (χ3n) is 8.30. The van der Waals surface area contributed by atoms with Gasteiger partial charge >= 0.3 is 0 Å². The number of rotatable bonds is 6. The van der Waals surface area contributed by atoms with Crippen LogP contribution in [0.1, 0.15) is 0 Å². The number of fused-ring (bicyclic) bond motifs is 3. The lowest BCUT2D eigenvalue weighted by Gasteiger charge is -2.26. The normalized spacial score (nSPS) is 11.2. The van der Waals surface area contributed by atoms with Crippen molar-refractivity contribution in [3.8, 4) is 33.4 Å². The zero-order chi connectivity index (χ0) is 29.3. The van der Waals surface area contributed by atoms with Gasteiger partial charge in [0.15, 0.2) is 0 Å². The molecule has 1 heterocycles. The van der Waals surface area contributed by atoms with Gasteiger partial charge in [-0.15, -0.1) is 11.3 Å². The number of hydrogen-bond acceptors (Lipinski definition) is 2. The topological polar surface area (TPSA) is 3.24 Å². The summed E-state index contributed by atoms with van der Waals surface area (Å²) >= 11 is 1.86. The largest absolute Gasteiger partial charge is 0.311 e. The highest BCUT2D eigenvalue weighted by Crippen LogP contribution is 2.39. The van der Waals surface area contributed by atoms with Gasteiger partial charge in [-0.25, -0.2) is 0 Å². The second-order valence-corrected chi connectivity index (χ2v) is 12.1. The Kier molecular flexibility index (Phi) is 6.75. The smallest absolute Gasteiger partial charge is 0.0462 e. The van der Waals surface area contributed by atoms with Gasteiger partial charge in [-0.05, 0) is 88.0 Å². The molecule has 0 saturated carbocycles. The van der Waals surface area contributed by atoms with Gasteiger partial charge in [0.2, 0.25) is 0 Å². The van der Waals surface area contributed by atoms with Crippen molar-refractivity contribution in [3.63, 3.8) is 0 Å². The highest BCUT2D eigenvalue weighted by Gasteiger charge is 2.13. The Morgan fingerprint density at radius 3 is 1.32 bits per heavy atom. The second kappa shape index (κ2) is 11.3. The van der Waals surface area contributed by atoms with E-state index < -0.39 is 0 Å². The molecular formula is C42H29NS. The molecule has 0 aliphatic rings.